The highest BCUT2D eigenvalue weighted by Crippen LogP contribution is 2.18. The molecular weight excluding hydrogens is 393 g/mol. The highest BCUT2D eigenvalue weighted by Gasteiger charge is 2.16. The van der Waals surface area contributed by atoms with Gasteiger partial charge < -0.3 is 10.1 Å². The first-order valence-corrected chi connectivity index (χ1v) is 8.51. The fraction of sp³-hybridized carbons (Fsp3) is 0.250. The van der Waals surface area contributed by atoms with Gasteiger partial charge in [-0.15, -0.1) is 5.10 Å². The molecule has 0 aliphatic heterocycles. The minimum absolute atomic E-state index is 0.0397. The van der Waals surface area contributed by atoms with Crippen molar-refractivity contribution in [2.24, 2.45) is 0 Å². The second-order valence-electron chi connectivity index (χ2n) is 5.92. The van der Waals surface area contributed by atoms with Gasteiger partial charge in [-0.3, -0.25) is 10.1 Å². The van der Waals surface area contributed by atoms with Crippen molar-refractivity contribution < 1.29 is 14.1 Å². The zero-order valence-corrected chi connectivity index (χ0v) is 15.4. The summed E-state index contributed by atoms with van der Waals surface area (Å²) in [4.78, 5) is 26.2. The summed E-state index contributed by atoms with van der Waals surface area (Å²) in [5.41, 5.74) is 1.24. The van der Waals surface area contributed by atoms with E-state index in [1.54, 1.807) is 13.0 Å². The maximum absolute atomic E-state index is 13.1. The van der Waals surface area contributed by atoms with Crippen molar-refractivity contribution in [3.63, 3.8) is 0 Å². The van der Waals surface area contributed by atoms with Crippen LogP contribution in [0.1, 0.15) is 17.7 Å². The van der Waals surface area contributed by atoms with E-state index in [9.17, 15) is 19.3 Å². The van der Waals surface area contributed by atoms with Crippen LogP contribution in [0.2, 0.25) is 5.02 Å². The van der Waals surface area contributed by atoms with Crippen LogP contribution >= 0.6 is 11.6 Å². The summed E-state index contributed by atoms with van der Waals surface area (Å²) in [5, 5.41) is 21.5. The first-order chi connectivity index (χ1) is 13.3. The molecule has 0 saturated heterocycles. The van der Waals surface area contributed by atoms with Crippen molar-refractivity contribution in [1.29, 1.82) is 0 Å². The second kappa shape index (κ2) is 8.13. The molecule has 0 spiro atoms. The van der Waals surface area contributed by atoms with E-state index in [1.165, 1.54) is 33.9 Å². The van der Waals surface area contributed by atoms with Crippen LogP contribution in [0.25, 0.3) is 0 Å². The van der Waals surface area contributed by atoms with Gasteiger partial charge in [0.15, 0.2) is 0 Å². The predicted molar refractivity (Wildman–Crippen MR) is 97.4 cm³/mol. The fourth-order valence-corrected chi connectivity index (χ4v) is 2.68. The third-order valence-electron chi connectivity index (χ3n) is 3.84. The maximum atomic E-state index is 13.1. The van der Waals surface area contributed by atoms with Gasteiger partial charge in [0.1, 0.15) is 12.1 Å². The topological polar surface area (TPSA) is 121 Å². The van der Waals surface area contributed by atoms with Gasteiger partial charge in [-0.2, -0.15) is 4.68 Å². The highest BCUT2D eigenvalue weighted by molar-refractivity contribution is 6.31. The summed E-state index contributed by atoms with van der Waals surface area (Å²) in [6.45, 7) is 2.11. The lowest BCUT2D eigenvalue weighted by Crippen LogP contribution is -2.16. The zero-order chi connectivity index (χ0) is 20.3. The Hall–Kier alpha value is -3.34. The molecule has 0 aliphatic rings. The first-order valence-electron chi connectivity index (χ1n) is 8.14. The van der Waals surface area contributed by atoms with Crippen molar-refractivity contribution in [2.45, 2.75) is 26.4 Å². The average molecular weight is 408 g/mol. The Morgan fingerprint density at radius 2 is 2.14 bits per heavy atom. The molecule has 12 heteroatoms. The lowest BCUT2D eigenvalue weighted by atomic mass is 10.2. The smallest absolute Gasteiger partial charge is 0.358 e. The number of aromatic nitrogens is 5. The molecule has 2 heterocycles. The second-order valence-corrected chi connectivity index (χ2v) is 6.33. The Morgan fingerprint density at radius 3 is 2.82 bits per heavy atom. The monoisotopic (exact) mass is 407 g/mol. The normalized spacial score (nSPS) is 10.8. The molecule has 3 rings (SSSR count). The Morgan fingerprint density at radius 1 is 1.36 bits per heavy atom. The summed E-state index contributed by atoms with van der Waals surface area (Å²) in [5.74, 6) is -0.961. The molecule has 0 atom stereocenters. The van der Waals surface area contributed by atoms with Gasteiger partial charge in [-0.1, -0.05) is 17.7 Å². The Labute approximate surface area is 163 Å². The summed E-state index contributed by atoms with van der Waals surface area (Å²) in [7, 11) is 0. The van der Waals surface area contributed by atoms with E-state index in [1.807, 2.05) is 0 Å². The molecule has 0 unspecified atom stereocenters. The van der Waals surface area contributed by atoms with Crippen LogP contribution in [0.5, 0.6) is 0 Å². The van der Waals surface area contributed by atoms with Gasteiger partial charge in [0.05, 0.1) is 29.9 Å². The van der Waals surface area contributed by atoms with Gasteiger partial charge in [0, 0.05) is 11.4 Å². The lowest BCUT2D eigenvalue weighted by Gasteiger charge is -2.04. The number of anilines is 1. The summed E-state index contributed by atoms with van der Waals surface area (Å²) in [6, 6.07) is 5.38. The van der Waals surface area contributed by atoms with Crippen LogP contribution in [0.3, 0.4) is 0 Å². The van der Waals surface area contributed by atoms with Crippen molar-refractivity contribution in [3.05, 3.63) is 62.8 Å². The van der Waals surface area contributed by atoms with Crippen LogP contribution in [-0.4, -0.2) is 35.4 Å². The van der Waals surface area contributed by atoms with Gasteiger partial charge in [0.2, 0.25) is 11.9 Å². The van der Waals surface area contributed by atoms with Crippen LogP contribution in [0.15, 0.2) is 30.6 Å². The van der Waals surface area contributed by atoms with Crippen molar-refractivity contribution in [1.82, 2.24) is 24.5 Å². The van der Waals surface area contributed by atoms with Crippen LogP contribution in [-0.2, 0) is 17.9 Å². The van der Waals surface area contributed by atoms with E-state index in [0.717, 1.165) is 0 Å². The quantitative estimate of drug-likeness (QED) is 0.474. The van der Waals surface area contributed by atoms with E-state index in [2.05, 4.69) is 20.5 Å². The minimum atomic E-state index is -0.590. The molecule has 0 aliphatic carbocycles. The van der Waals surface area contributed by atoms with E-state index in [0.29, 0.717) is 11.3 Å². The number of amides is 1. The summed E-state index contributed by atoms with van der Waals surface area (Å²) in [6.07, 6.45) is 1.45. The average Bonchev–Trinajstić information content (AvgIpc) is 3.22. The molecule has 28 heavy (non-hydrogen) atoms. The Bertz CT molecular complexity index is 1030. The lowest BCUT2D eigenvalue weighted by molar-refractivity contribution is -0.389. The number of halogens is 2. The maximum Gasteiger partial charge on any atom is 0.390 e. The first kappa shape index (κ1) is 19.4. The van der Waals surface area contributed by atoms with Gasteiger partial charge >= 0.3 is 5.82 Å². The molecule has 10 nitrogen and oxygen atoms in total. The van der Waals surface area contributed by atoms with E-state index < -0.39 is 10.7 Å². The van der Waals surface area contributed by atoms with E-state index >= 15 is 0 Å². The molecule has 0 fully saturated rings. The number of nitro groups is 1. The SMILES string of the molecule is Cc1cc([N+](=O)[O-])nn1CCC(=O)Nc1ncn(Cc2ccc(F)cc2Cl)n1. The number of nitrogens with one attached hydrogen (secondary N) is 1. The Balaban J connectivity index is 1.56. The predicted octanol–water partition coefficient (Wildman–Crippen LogP) is 2.56. The van der Waals surface area contributed by atoms with Crippen LogP contribution in [0, 0.1) is 22.9 Å². The molecule has 1 amide bonds. The Kier molecular flexibility index (Phi) is 5.64. The fourth-order valence-electron chi connectivity index (χ4n) is 2.46. The van der Waals surface area contributed by atoms with Crippen molar-refractivity contribution >= 4 is 29.3 Å². The van der Waals surface area contributed by atoms with Crippen molar-refractivity contribution in [2.75, 3.05) is 5.32 Å². The molecule has 0 saturated carbocycles. The highest BCUT2D eigenvalue weighted by atomic mass is 35.5. The number of benzene rings is 1. The summed E-state index contributed by atoms with van der Waals surface area (Å²) >= 11 is 5.98. The number of aryl methyl sites for hydroxylation is 2. The molecule has 0 radical (unpaired) electrons. The standard InChI is InChI=1S/C16H15ClFN7O3/c1-10-6-14(25(27)28)21-24(10)5-4-15(26)20-16-19-9-23(22-16)8-11-2-3-12(18)7-13(11)17/h2-3,6-7,9H,4-5,8H2,1H3,(H,20,22,26). The number of nitrogens with zero attached hydrogens (tertiary/aromatic N) is 6. The molecule has 2 aromatic heterocycles. The number of carbonyl (C=O) groups excluding carboxylic acids is 1. The van der Waals surface area contributed by atoms with Crippen LogP contribution < -0.4 is 5.32 Å². The van der Waals surface area contributed by atoms with Gasteiger partial charge in [0.25, 0.3) is 0 Å². The molecule has 1 aromatic carbocycles. The van der Waals surface area contributed by atoms with Gasteiger partial charge in [-0.25, -0.2) is 14.1 Å². The molecule has 0 bridgehead atoms. The third-order valence-corrected chi connectivity index (χ3v) is 4.19. The number of carbonyl (C=O) groups is 1. The number of hydrogen-bond acceptors (Lipinski definition) is 6. The number of rotatable bonds is 7. The van der Waals surface area contributed by atoms with E-state index in [4.69, 9.17) is 11.6 Å². The van der Waals surface area contributed by atoms with Crippen molar-refractivity contribution in [3.8, 4) is 0 Å². The molecule has 1 N–H and O–H groups in total. The van der Waals surface area contributed by atoms with E-state index in [-0.39, 0.29) is 42.2 Å². The van der Waals surface area contributed by atoms with Gasteiger partial charge in [-0.05, 0) is 29.5 Å². The number of hydrogen-bond donors (Lipinski definition) is 1. The molecular formula is C16H15ClFN7O3. The minimum Gasteiger partial charge on any atom is -0.358 e. The third kappa shape index (κ3) is 4.68. The molecule has 3 aromatic rings. The summed E-state index contributed by atoms with van der Waals surface area (Å²) < 4.78 is 15.9. The van der Waals surface area contributed by atoms with Crippen LogP contribution in [0.4, 0.5) is 16.2 Å². The zero-order valence-electron chi connectivity index (χ0n) is 14.7. The molecule has 146 valence electrons. The largest absolute Gasteiger partial charge is 0.390 e.